The largest absolute Gasteiger partial charge is 0.478 e. The molecule has 0 unspecified atom stereocenters. The first-order valence-electron chi connectivity index (χ1n) is 6.80. The van der Waals surface area contributed by atoms with E-state index in [0.29, 0.717) is 0 Å². The van der Waals surface area contributed by atoms with Gasteiger partial charge in [0, 0.05) is 31.9 Å². The van der Waals surface area contributed by atoms with E-state index >= 15 is 0 Å². The van der Waals surface area contributed by atoms with Crippen LogP contribution in [0.2, 0.25) is 0 Å². The predicted molar refractivity (Wildman–Crippen MR) is 70.5 cm³/mol. The minimum atomic E-state index is -4.18. The molecule has 22 heavy (non-hydrogen) atoms. The monoisotopic (exact) mass is 316 g/mol. The van der Waals surface area contributed by atoms with E-state index in [9.17, 15) is 22.8 Å². The number of piperidine rings is 1. The third-order valence-corrected chi connectivity index (χ3v) is 3.65. The number of likely N-dealkylation sites (tertiary alicyclic amines) is 1. The molecule has 0 aliphatic carbocycles. The van der Waals surface area contributed by atoms with E-state index in [-0.39, 0.29) is 37.1 Å². The van der Waals surface area contributed by atoms with E-state index < -0.39 is 30.4 Å². The molecule has 0 spiro atoms. The molecule has 120 valence electrons. The Hall–Kier alpha value is -2.12. The zero-order chi connectivity index (χ0) is 16.3. The van der Waals surface area contributed by atoms with Gasteiger partial charge >= 0.3 is 12.1 Å². The van der Waals surface area contributed by atoms with Gasteiger partial charge in [0.2, 0.25) is 0 Å². The highest BCUT2D eigenvalue weighted by atomic mass is 19.4. The number of nitrogens with zero attached hydrogens (tertiary/aromatic N) is 2. The molecule has 1 saturated heterocycles. The van der Waals surface area contributed by atoms with E-state index in [2.05, 4.69) is 4.98 Å². The lowest BCUT2D eigenvalue weighted by molar-refractivity contribution is -0.147. The van der Waals surface area contributed by atoms with E-state index in [1.54, 1.807) is 0 Å². The molecule has 8 heteroatoms. The quantitative estimate of drug-likeness (QED) is 0.930. The number of aromatic carboxylic acids is 1. The van der Waals surface area contributed by atoms with Gasteiger partial charge in [0.1, 0.15) is 0 Å². The molecule has 1 fully saturated rings. The minimum absolute atomic E-state index is 0.0993. The average molecular weight is 316 g/mol. The molecule has 0 saturated carbocycles. The normalized spacial score (nSPS) is 16.6. The number of aromatic nitrogens is 1. The average Bonchev–Trinajstić information content (AvgIpc) is 2.46. The maximum Gasteiger partial charge on any atom is 0.389 e. The summed E-state index contributed by atoms with van der Waals surface area (Å²) in [5.74, 6) is -2.06. The van der Waals surface area contributed by atoms with Crippen molar-refractivity contribution in [3.63, 3.8) is 0 Å². The number of carboxylic acids is 1. The number of rotatable bonds is 3. The van der Waals surface area contributed by atoms with Crippen molar-refractivity contribution >= 4 is 11.9 Å². The van der Waals surface area contributed by atoms with Crippen molar-refractivity contribution in [1.82, 2.24) is 9.88 Å². The van der Waals surface area contributed by atoms with Crippen LogP contribution in [0, 0.1) is 5.92 Å². The number of carbonyl (C=O) groups is 2. The second-order valence-electron chi connectivity index (χ2n) is 5.32. The number of halogens is 3. The van der Waals surface area contributed by atoms with Gasteiger partial charge in [-0.2, -0.15) is 13.2 Å². The van der Waals surface area contributed by atoms with Gasteiger partial charge in [-0.25, -0.2) is 4.79 Å². The Balaban J connectivity index is 1.98. The van der Waals surface area contributed by atoms with E-state index in [0.717, 1.165) is 6.20 Å². The highest BCUT2D eigenvalue weighted by Crippen LogP contribution is 2.31. The first-order valence-corrected chi connectivity index (χ1v) is 6.80. The van der Waals surface area contributed by atoms with Crippen molar-refractivity contribution < 1.29 is 27.9 Å². The fourth-order valence-electron chi connectivity index (χ4n) is 2.52. The molecule has 0 aromatic carbocycles. The number of amides is 1. The Bertz CT molecular complexity index is 567. The van der Waals surface area contributed by atoms with Crippen LogP contribution in [0.25, 0.3) is 0 Å². The summed E-state index contributed by atoms with van der Waals surface area (Å²) in [7, 11) is 0. The lowest BCUT2D eigenvalue weighted by Gasteiger charge is -2.32. The zero-order valence-corrected chi connectivity index (χ0v) is 11.6. The van der Waals surface area contributed by atoms with Gasteiger partial charge in [-0.15, -0.1) is 0 Å². The molecule has 0 atom stereocenters. The molecule has 0 radical (unpaired) electrons. The van der Waals surface area contributed by atoms with E-state index in [1.807, 2.05) is 0 Å². The molecule has 0 bridgehead atoms. The third-order valence-electron chi connectivity index (χ3n) is 3.65. The number of pyridine rings is 1. The number of carboxylic acid groups (broad SMARTS) is 1. The van der Waals surface area contributed by atoms with Crippen molar-refractivity contribution in [2.75, 3.05) is 13.1 Å². The number of hydrogen-bond acceptors (Lipinski definition) is 3. The fraction of sp³-hybridized carbons (Fsp3) is 0.500. The highest BCUT2D eigenvalue weighted by molar-refractivity contribution is 5.97. The maximum atomic E-state index is 12.3. The summed E-state index contributed by atoms with van der Waals surface area (Å²) < 4.78 is 37.0. The molecule has 2 rings (SSSR count). The first-order chi connectivity index (χ1) is 10.3. The number of hydrogen-bond donors (Lipinski definition) is 1. The first kappa shape index (κ1) is 16.3. The number of carbonyl (C=O) groups excluding carboxylic acids is 1. The van der Waals surface area contributed by atoms with Crippen LogP contribution in [0.15, 0.2) is 18.5 Å². The Kier molecular flexibility index (Phi) is 4.68. The summed E-state index contributed by atoms with van der Waals surface area (Å²) in [5, 5.41) is 8.87. The summed E-state index contributed by atoms with van der Waals surface area (Å²) in [4.78, 5) is 28.2. The van der Waals surface area contributed by atoms with Gasteiger partial charge in [0.25, 0.3) is 5.91 Å². The van der Waals surface area contributed by atoms with Gasteiger partial charge in [-0.05, 0) is 24.8 Å². The van der Waals surface area contributed by atoms with Crippen molar-refractivity contribution in [3.8, 4) is 0 Å². The van der Waals surface area contributed by atoms with Gasteiger partial charge < -0.3 is 10.0 Å². The van der Waals surface area contributed by atoms with Crippen LogP contribution < -0.4 is 0 Å². The molecule has 1 N–H and O–H groups in total. The summed E-state index contributed by atoms with van der Waals surface area (Å²) in [6.07, 6.45) is -2.04. The molecule has 1 amide bonds. The molecule has 1 aromatic heterocycles. The molecular formula is C14H15F3N2O3. The minimum Gasteiger partial charge on any atom is -0.478 e. The van der Waals surface area contributed by atoms with Gasteiger partial charge in [0.15, 0.2) is 0 Å². The standard InChI is InChI=1S/C14H15F3N2O3/c15-14(16,17)6-9-1-3-19(4-2-9)12(20)10-5-11(13(21)22)8-18-7-10/h5,7-9H,1-4,6H2,(H,21,22). The smallest absolute Gasteiger partial charge is 0.389 e. The molecular weight excluding hydrogens is 301 g/mol. The summed E-state index contributed by atoms with van der Waals surface area (Å²) in [6.45, 7) is 0.466. The Morgan fingerprint density at radius 2 is 1.82 bits per heavy atom. The molecule has 2 heterocycles. The summed E-state index contributed by atoms with van der Waals surface area (Å²) in [5.41, 5.74) is 0.0342. The second kappa shape index (κ2) is 6.33. The Morgan fingerprint density at radius 3 is 2.36 bits per heavy atom. The second-order valence-corrected chi connectivity index (χ2v) is 5.32. The highest BCUT2D eigenvalue weighted by Gasteiger charge is 2.34. The maximum absolute atomic E-state index is 12.3. The van der Waals surface area contributed by atoms with Crippen molar-refractivity contribution in [2.45, 2.75) is 25.4 Å². The van der Waals surface area contributed by atoms with Crippen LogP contribution in [0.4, 0.5) is 13.2 Å². The van der Waals surface area contributed by atoms with Crippen molar-refractivity contribution in [1.29, 1.82) is 0 Å². The number of alkyl halides is 3. The van der Waals surface area contributed by atoms with E-state index in [1.165, 1.54) is 17.2 Å². The van der Waals surface area contributed by atoms with Gasteiger partial charge in [-0.3, -0.25) is 9.78 Å². The van der Waals surface area contributed by atoms with E-state index in [4.69, 9.17) is 5.11 Å². The molecule has 1 aliphatic heterocycles. The topological polar surface area (TPSA) is 70.5 Å². The SMILES string of the molecule is O=C(O)c1cncc(C(=O)N2CCC(CC(F)(F)F)CC2)c1. The molecule has 1 aromatic rings. The predicted octanol–water partition coefficient (Wildman–Crippen LogP) is 2.58. The van der Waals surface area contributed by atoms with Gasteiger partial charge in [-0.1, -0.05) is 0 Å². The third kappa shape index (κ3) is 4.19. The fourth-order valence-corrected chi connectivity index (χ4v) is 2.52. The Morgan fingerprint density at radius 1 is 1.23 bits per heavy atom. The molecule has 5 nitrogen and oxygen atoms in total. The summed E-state index contributed by atoms with van der Waals surface area (Å²) in [6, 6.07) is 1.22. The zero-order valence-electron chi connectivity index (χ0n) is 11.6. The lowest BCUT2D eigenvalue weighted by Crippen LogP contribution is -2.39. The van der Waals surface area contributed by atoms with Crippen LogP contribution >= 0.6 is 0 Å². The van der Waals surface area contributed by atoms with Crippen LogP contribution in [-0.2, 0) is 0 Å². The lowest BCUT2D eigenvalue weighted by atomic mass is 9.93. The van der Waals surface area contributed by atoms with Crippen molar-refractivity contribution in [3.05, 3.63) is 29.6 Å². The van der Waals surface area contributed by atoms with Crippen LogP contribution in [-0.4, -0.2) is 46.1 Å². The Labute approximate surface area is 124 Å². The van der Waals surface area contributed by atoms with Gasteiger partial charge in [0.05, 0.1) is 11.1 Å². The van der Waals surface area contributed by atoms with Crippen molar-refractivity contribution in [2.24, 2.45) is 5.92 Å². The van der Waals surface area contributed by atoms with Crippen LogP contribution in [0.1, 0.15) is 40.0 Å². The summed E-state index contributed by atoms with van der Waals surface area (Å²) >= 11 is 0. The van der Waals surface area contributed by atoms with Crippen LogP contribution in [0.5, 0.6) is 0 Å². The van der Waals surface area contributed by atoms with Crippen LogP contribution in [0.3, 0.4) is 0 Å². The molecule has 1 aliphatic rings.